The van der Waals surface area contributed by atoms with Crippen molar-refractivity contribution in [1.29, 1.82) is 0 Å². The van der Waals surface area contributed by atoms with Crippen molar-refractivity contribution < 1.29 is 44.7 Å². The number of amides is 1. The van der Waals surface area contributed by atoms with Gasteiger partial charge < -0.3 is 10.4 Å². The summed E-state index contributed by atoms with van der Waals surface area (Å²) in [5, 5.41) is 21.4. The maximum absolute atomic E-state index is 15.5. The molecule has 2 aliphatic rings. The number of sulfonamides is 1. The molecule has 0 aliphatic heterocycles. The maximum atomic E-state index is 15.5. The summed E-state index contributed by atoms with van der Waals surface area (Å²) in [4.78, 5) is 18.6. The van der Waals surface area contributed by atoms with Crippen molar-refractivity contribution in [2.45, 2.75) is 56.7 Å². The number of anilines is 1. The Morgan fingerprint density at radius 3 is 2.39 bits per heavy atom. The van der Waals surface area contributed by atoms with Gasteiger partial charge in [-0.2, -0.15) is 19.0 Å². The van der Waals surface area contributed by atoms with Crippen LogP contribution in [0.4, 0.5) is 32.2 Å². The van der Waals surface area contributed by atoms with Crippen LogP contribution in [-0.4, -0.2) is 55.8 Å². The summed E-state index contributed by atoms with van der Waals surface area (Å²) in [6, 6.07) is 9.38. The largest absolute Gasteiger partial charge is 0.378 e. The van der Waals surface area contributed by atoms with Crippen molar-refractivity contribution in [3.63, 3.8) is 0 Å². The van der Waals surface area contributed by atoms with Crippen molar-refractivity contribution in [2.75, 3.05) is 11.0 Å². The van der Waals surface area contributed by atoms with Crippen LogP contribution in [0.1, 0.15) is 66.1 Å². The second kappa shape index (κ2) is 13.7. The molecular weight excluding hydrogens is 765 g/mol. The maximum Gasteiger partial charge on any atom is 0.304 e. The van der Waals surface area contributed by atoms with E-state index in [1.165, 1.54) is 24.6 Å². The third kappa shape index (κ3) is 7.29. The van der Waals surface area contributed by atoms with Gasteiger partial charge in [-0.3, -0.25) is 18.9 Å². The highest BCUT2D eigenvalue weighted by Gasteiger charge is 2.60. The zero-order valence-corrected chi connectivity index (χ0v) is 30.7. The lowest BCUT2D eigenvalue weighted by atomic mass is 9.84. The molecule has 5 aromatic rings. The molecule has 3 heterocycles. The van der Waals surface area contributed by atoms with Crippen LogP contribution in [0.5, 0.6) is 0 Å². The molecule has 0 spiro atoms. The van der Waals surface area contributed by atoms with Gasteiger partial charge >= 0.3 is 5.92 Å². The molecule has 3 N–H and O–H groups in total. The highest BCUT2D eigenvalue weighted by atomic mass is 32.2. The van der Waals surface area contributed by atoms with Crippen LogP contribution < -0.4 is 10.0 Å². The van der Waals surface area contributed by atoms with Gasteiger partial charge in [-0.1, -0.05) is 29.9 Å². The number of nitrogens with zero attached hydrogens (tertiary/aromatic N) is 5. The number of hydrogen-bond donors (Lipinski definition) is 3. The monoisotopic (exact) mass is 795 g/mol. The Morgan fingerprint density at radius 2 is 1.77 bits per heavy atom. The molecular formula is C38H31F6N7O4S. The molecule has 2 aliphatic carbocycles. The number of hydrogen-bond acceptors (Lipinski definition) is 7. The second-order valence-corrected chi connectivity index (χ2v) is 15.8. The van der Waals surface area contributed by atoms with Crippen LogP contribution in [0.15, 0.2) is 48.5 Å². The Hall–Kier alpha value is -5.85. The summed E-state index contributed by atoms with van der Waals surface area (Å²) < 4.78 is 117. The molecule has 7 rings (SSSR count). The number of fused-ring (bicyclic) bond motifs is 4. The van der Waals surface area contributed by atoms with Crippen molar-refractivity contribution >= 4 is 32.7 Å². The van der Waals surface area contributed by atoms with Gasteiger partial charge in [0, 0.05) is 35.2 Å². The van der Waals surface area contributed by atoms with Gasteiger partial charge in [0.25, 0.3) is 6.43 Å². The number of carbonyl (C=O) groups is 1. The van der Waals surface area contributed by atoms with Gasteiger partial charge in [0.2, 0.25) is 15.9 Å². The zero-order chi connectivity index (χ0) is 40.5. The number of para-hydroxylation sites is 1. The van der Waals surface area contributed by atoms with Gasteiger partial charge in [0.15, 0.2) is 5.82 Å². The lowest BCUT2D eigenvalue weighted by molar-refractivity contribution is -0.123. The lowest BCUT2D eigenvalue weighted by Crippen LogP contribution is -2.36. The number of aliphatic hydroxyl groups is 1. The minimum atomic E-state index is -3.76. The fourth-order valence-electron chi connectivity index (χ4n) is 6.98. The number of carbonyl (C=O) groups excluding carboxylic acids is 1. The standard InChI is InChI=1S/C38H31F6N7O4S/c1-37(2,53)13-12-22-8-9-23(24-6-5-7-26-33(24)50(3)48-36(26)49-56(4,54)55)31(45-22)28(16-19-14-20(39)17-21(40)15-19)46-29(52)18-51-34-30(32(47-51)35(41)42)25-10-11-27(25)38(34,43)44/h5-9,14-15,17,25,27-28,35,53H,16,18H2,1-4H3,(H,46,52)(H,48,49)/t25-,27+,28-/m0/s1. The van der Waals surface area contributed by atoms with Gasteiger partial charge in [-0.25, -0.2) is 31.0 Å². The first-order chi connectivity index (χ1) is 26.2. The molecule has 3 aromatic heterocycles. The molecule has 0 fully saturated rings. The van der Waals surface area contributed by atoms with Gasteiger partial charge in [0.1, 0.15) is 46.8 Å². The highest BCUT2D eigenvalue weighted by molar-refractivity contribution is 7.92. The van der Waals surface area contributed by atoms with Crippen LogP contribution in [0.3, 0.4) is 0 Å². The van der Waals surface area contributed by atoms with Crippen LogP contribution >= 0.6 is 0 Å². The van der Waals surface area contributed by atoms with E-state index in [4.69, 9.17) is 4.98 Å². The van der Waals surface area contributed by atoms with E-state index in [1.807, 2.05) is 0 Å². The second-order valence-electron chi connectivity index (χ2n) is 14.1. The van der Waals surface area contributed by atoms with E-state index in [0.717, 1.165) is 18.4 Å². The first-order valence-corrected chi connectivity index (χ1v) is 18.8. The number of halogens is 6. The molecule has 2 aromatic carbocycles. The summed E-state index contributed by atoms with van der Waals surface area (Å²) >= 11 is 0. The number of pyridine rings is 1. The minimum absolute atomic E-state index is 0.0136. The minimum Gasteiger partial charge on any atom is -0.378 e. The molecule has 3 atom stereocenters. The molecule has 18 heteroatoms. The van der Waals surface area contributed by atoms with Crippen LogP contribution in [0.2, 0.25) is 0 Å². The SMILES string of the molecule is Cn1nc(NS(C)(=O)=O)c2cccc(-c3ccc(C#CC(C)(C)O)nc3[C@H](Cc3cc(F)cc(F)c3)NC(=O)Cn3nc(C(F)F)c4c3C(F)(F)[C@@H]3C#C[C@H]43)c21. The van der Waals surface area contributed by atoms with Crippen molar-refractivity contribution in [2.24, 2.45) is 13.0 Å². The Kier molecular flexibility index (Phi) is 9.41. The number of aryl methyl sites for hydroxylation is 1. The summed E-state index contributed by atoms with van der Waals surface area (Å²) in [6.07, 6.45) is -2.61. The fraction of sp³-hybridized carbons (Fsp3) is 0.316. The molecule has 0 unspecified atom stereocenters. The molecule has 0 saturated heterocycles. The molecule has 0 bridgehead atoms. The topological polar surface area (TPSA) is 144 Å². The number of nitrogens with one attached hydrogen (secondary N) is 2. The number of benzene rings is 2. The van der Waals surface area contributed by atoms with Crippen molar-refractivity contribution in [3.8, 4) is 34.8 Å². The number of aromatic nitrogens is 5. The van der Waals surface area contributed by atoms with E-state index < -0.39 is 86.9 Å². The predicted molar refractivity (Wildman–Crippen MR) is 192 cm³/mol. The van der Waals surface area contributed by atoms with Crippen molar-refractivity contribution in [3.05, 3.63) is 94.1 Å². The highest BCUT2D eigenvalue weighted by Crippen LogP contribution is 2.57. The van der Waals surface area contributed by atoms with Crippen LogP contribution in [0.25, 0.3) is 22.0 Å². The van der Waals surface area contributed by atoms with Crippen molar-refractivity contribution in [1.82, 2.24) is 29.9 Å². The number of rotatable bonds is 10. The first kappa shape index (κ1) is 38.4. The third-order valence-electron chi connectivity index (χ3n) is 9.15. The third-order valence-corrected chi connectivity index (χ3v) is 9.71. The molecule has 0 radical (unpaired) electrons. The van der Waals surface area contributed by atoms with Gasteiger partial charge in [-0.05, 0) is 62.1 Å². The van der Waals surface area contributed by atoms with E-state index in [2.05, 4.69) is 43.9 Å². The van der Waals surface area contributed by atoms with Crippen LogP contribution in [-0.2, 0) is 40.8 Å². The molecule has 1 amide bonds. The van der Waals surface area contributed by atoms with Gasteiger partial charge in [0.05, 0.1) is 29.4 Å². The van der Waals surface area contributed by atoms with E-state index in [9.17, 15) is 35.9 Å². The summed E-state index contributed by atoms with van der Waals surface area (Å²) in [5.41, 5.74) is -2.32. The Bertz CT molecular complexity index is 2660. The summed E-state index contributed by atoms with van der Waals surface area (Å²) in [6.45, 7) is 1.92. The summed E-state index contributed by atoms with van der Waals surface area (Å²) in [5.74, 6) is 0.984. The smallest absolute Gasteiger partial charge is 0.304 e. The molecule has 290 valence electrons. The Balaban J connectivity index is 1.37. The average Bonchev–Trinajstić information content (AvgIpc) is 3.63. The first-order valence-electron chi connectivity index (χ1n) is 16.9. The summed E-state index contributed by atoms with van der Waals surface area (Å²) in [7, 11) is -2.20. The zero-order valence-electron chi connectivity index (χ0n) is 29.9. The molecule has 56 heavy (non-hydrogen) atoms. The van der Waals surface area contributed by atoms with E-state index in [1.54, 1.807) is 31.3 Å². The Morgan fingerprint density at radius 1 is 1.05 bits per heavy atom. The normalized spacial score (nSPS) is 17.3. The number of alkyl halides is 4. The lowest BCUT2D eigenvalue weighted by Gasteiger charge is -2.24. The van der Waals surface area contributed by atoms with E-state index in [0.29, 0.717) is 32.8 Å². The predicted octanol–water partition coefficient (Wildman–Crippen LogP) is 5.46. The molecule has 11 nitrogen and oxygen atoms in total. The molecule has 0 saturated carbocycles. The van der Waals surface area contributed by atoms with E-state index >= 15 is 8.78 Å². The fourth-order valence-corrected chi connectivity index (χ4v) is 7.48. The average molecular weight is 796 g/mol. The Labute approximate surface area is 316 Å². The van der Waals surface area contributed by atoms with Gasteiger partial charge in [-0.15, -0.1) is 0 Å². The quantitative estimate of drug-likeness (QED) is 0.126. The van der Waals surface area contributed by atoms with E-state index in [-0.39, 0.29) is 29.2 Å². The van der Waals surface area contributed by atoms with Crippen LogP contribution in [0, 0.1) is 41.2 Å².